The molecule has 0 unspecified atom stereocenters. The summed E-state index contributed by atoms with van der Waals surface area (Å²) in [6.45, 7) is 2.06. The minimum absolute atomic E-state index is 0.483. The lowest BCUT2D eigenvalue weighted by Crippen LogP contribution is -2.27. The first-order valence-electron chi connectivity index (χ1n) is 4.62. The Labute approximate surface area is 82.4 Å². The molecule has 0 radical (unpaired) electrons. The van der Waals surface area contributed by atoms with E-state index in [2.05, 4.69) is 20.4 Å². The highest BCUT2D eigenvalue weighted by molar-refractivity contribution is 5.29. The molecule has 0 aliphatic carbocycles. The molecule has 0 bridgehead atoms. The van der Waals surface area contributed by atoms with E-state index < -0.39 is 0 Å². The second-order valence-corrected chi connectivity index (χ2v) is 3.21. The third-order valence-corrected chi connectivity index (χ3v) is 2.15. The van der Waals surface area contributed by atoms with Gasteiger partial charge in [-0.1, -0.05) is 0 Å². The average Bonchev–Trinajstić information content (AvgIpc) is 2.72. The molecular formula is C9H11N5. The summed E-state index contributed by atoms with van der Waals surface area (Å²) in [5.41, 5.74) is 3.58. The number of aromatic nitrogens is 2. The van der Waals surface area contributed by atoms with Gasteiger partial charge in [-0.25, -0.2) is 15.0 Å². The summed E-state index contributed by atoms with van der Waals surface area (Å²) in [7, 11) is 0. The van der Waals surface area contributed by atoms with E-state index in [-0.39, 0.29) is 0 Å². The molecule has 5 nitrogen and oxygen atoms in total. The van der Waals surface area contributed by atoms with Gasteiger partial charge in [-0.2, -0.15) is 5.26 Å². The van der Waals surface area contributed by atoms with Crippen molar-refractivity contribution >= 4 is 5.95 Å². The fourth-order valence-corrected chi connectivity index (χ4v) is 1.41. The van der Waals surface area contributed by atoms with Crippen LogP contribution in [0.4, 0.5) is 5.95 Å². The smallest absolute Gasteiger partial charge is 0.237 e. The largest absolute Gasteiger partial charge is 0.287 e. The second kappa shape index (κ2) is 4.03. The highest BCUT2D eigenvalue weighted by Gasteiger charge is 2.11. The van der Waals surface area contributed by atoms with Crippen LogP contribution in [0.2, 0.25) is 0 Å². The van der Waals surface area contributed by atoms with Gasteiger partial charge in [-0.3, -0.25) is 5.43 Å². The summed E-state index contributed by atoms with van der Waals surface area (Å²) in [5.74, 6) is 0.561. The normalized spacial score (nSPS) is 16.5. The average molecular weight is 189 g/mol. The molecule has 1 aliphatic rings. The Morgan fingerprint density at radius 1 is 1.29 bits per heavy atom. The van der Waals surface area contributed by atoms with E-state index in [0.717, 1.165) is 13.1 Å². The number of nitrogens with zero attached hydrogens (tertiary/aromatic N) is 4. The van der Waals surface area contributed by atoms with Crippen molar-refractivity contribution in [2.24, 2.45) is 0 Å². The van der Waals surface area contributed by atoms with Gasteiger partial charge in [0.05, 0.1) is 18.0 Å². The van der Waals surface area contributed by atoms with E-state index in [4.69, 9.17) is 5.26 Å². The molecule has 72 valence electrons. The molecule has 1 aliphatic heterocycles. The van der Waals surface area contributed by atoms with E-state index >= 15 is 0 Å². The molecule has 2 rings (SSSR count). The number of hydrogen-bond acceptors (Lipinski definition) is 5. The molecule has 1 saturated heterocycles. The van der Waals surface area contributed by atoms with Crippen LogP contribution in [0, 0.1) is 11.3 Å². The first-order chi connectivity index (χ1) is 6.88. The molecule has 1 aromatic rings. The van der Waals surface area contributed by atoms with E-state index in [1.807, 2.05) is 6.07 Å². The summed E-state index contributed by atoms with van der Waals surface area (Å²) >= 11 is 0. The van der Waals surface area contributed by atoms with Crippen molar-refractivity contribution in [3.05, 3.63) is 18.0 Å². The number of rotatable bonds is 2. The predicted molar refractivity (Wildman–Crippen MR) is 51.2 cm³/mol. The Morgan fingerprint density at radius 2 is 1.93 bits per heavy atom. The zero-order valence-corrected chi connectivity index (χ0v) is 7.77. The van der Waals surface area contributed by atoms with E-state index in [0.29, 0.717) is 11.5 Å². The molecule has 0 saturated carbocycles. The van der Waals surface area contributed by atoms with Gasteiger partial charge in [0.15, 0.2) is 0 Å². The van der Waals surface area contributed by atoms with Crippen LogP contribution in [0.1, 0.15) is 18.4 Å². The van der Waals surface area contributed by atoms with Gasteiger partial charge in [0.2, 0.25) is 5.95 Å². The van der Waals surface area contributed by atoms with E-state index in [1.165, 1.54) is 25.2 Å². The predicted octanol–water partition coefficient (Wildman–Crippen LogP) is 0.771. The van der Waals surface area contributed by atoms with Gasteiger partial charge in [0.25, 0.3) is 0 Å². The first-order valence-corrected chi connectivity index (χ1v) is 4.62. The standard InChI is InChI=1S/C9H11N5/c10-5-8-6-11-9(12-7-8)13-14-3-1-2-4-14/h6-7H,1-4H2,(H,11,12,13). The molecule has 1 aromatic heterocycles. The summed E-state index contributed by atoms with van der Waals surface area (Å²) in [5, 5.41) is 10.6. The van der Waals surface area contributed by atoms with Crippen LogP contribution >= 0.6 is 0 Å². The quantitative estimate of drug-likeness (QED) is 0.744. The molecule has 1 fully saturated rings. The molecule has 0 aromatic carbocycles. The fraction of sp³-hybridized carbons (Fsp3) is 0.444. The van der Waals surface area contributed by atoms with Crippen LogP contribution in [0.3, 0.4) is 0 Å². The SMILES string of the molecule is N#Cc1cnc(NN2CCCC2)nc1. The van der Waals surface area contributed by atoms with Crippen molar-refractivity contribution in [2.75, 3.05) is 18.5 Å². The summed E-state index contributed by atoms with van der Waals surface area (Å²) in [4.78, 5) is 8.05. The molecule has 1 N–H and O–H groups in total. The van der Waals surface area contributed by atoms with Crippen molar-refractivity contribution in [3.63, 3.8) is 0 Å². The van der Waals surface area contributed by atoms with Crippen LogP contribution in [0.25, 0.3) is 0 Å². The Bertz CT molecular complexity index is 333. The van der Waals surface area contributed by atoms with Crippen molar-refractivity contribution in [3.8, 4) is 6.07 Å². The van der Waals surface area contributed by atoms with E-state index in [9.17, 15) is 0 Å². The zero-order valence-electron chi connectivity index (χ0n) is 7.77. The van der Waals surface area contributed by atoms with Crippen molar-refractivity contribution in [1.82, 2.24) is 15.0 Å². The second-order valence-electron chi connectivity index (χ2n) is 3.21. The van der Waals surface area contributed by atoms with Crippen molar-refractivity contribution < 1.29 is 0 Å². The highest BCUT2D eigenvalue weighted by atomic mass is 15.5. The maximum absolute atomic E-state index is 8.55. The first kappa shape index (κ1) is 8.91. The topological polar surface area (TPSA) is 64.8 Å². The summed E-state index contributed by atoms with van der Waals surface area (Å²) in [6, 6.07) is 1.98. The molecular weight excluding hydrogens is 178 g/mol. The number of anilines is 1. The molecule has 2 heterocycles. The lowest BCUT2D eigenvalue weighted by Gasteiger charge is -2.15. The lowest BCUT2D eigenvalue weighted by molar-refractivity contribution is 0.405. The van der Waals surface area contributed by atoms with Gasteiger partial charge >= 0.3 is 0 Å². The van der Waals surface area contributed by atoms with Gasteiger partial charge in [-0.15, -0.1) is 0 Å². The highest BCUT2D eigenvalue weighted by Crippen LogP contribution is 2.08. The van der Waals surface area contributed by atoms with Crippen LogP contribution in [0.15, 0.2) is 12.4 Å². The van der Waals surface area contributed by atoms with Crippen LogP contribution in [-0.2, 0) is 0 Å². The monoisotopic (exact) mass is 189 g/mol. The summed E-state index contributed by atoms with van der Waals surface area (Å²) < 4.78 is 0. The molecule has 0 atom stereocenters. The lowest BCUT2D eigenvalue weighted by atomic mass is 10.4. The number of hydrazine groups is 1. The molecule has 5 heteroatoms. The summed E-state index contributed by atoms with van der Waals surface area (Å²) in [6.07, 6.45) is 5.46. The Morgan fingerprint density at radius 3 is 2.50 bits per heavy atom. The van der Waals surface area contributed by atoms with Crippen molar-refractivity contribution in [1.29, 1.82) is 5.26 Å². The van der Waals surface area contributed by atoms with Gasteiger partial charge in [0.1, 0.15) is 6.07 Å². The Kier molecular flexibility index (Phi) is 2.56. The molecule has 0 spiro atoms. The van der Waals surface area contributed by atoms with E-state index in [1.54, 1.807) is 0 Å². The van der Waals surface area contributed by atoms with Crippen LogP contribution in [0.5, 0.6) is 0 Å². The van der Waals surface area contributed by atoms with Crippen LogP contribution in [-0.4, -0.2) is 28.1 Å². The third kappa shape index (κ3) is 1.98. The third-order valence-electron chi connectivity index (χ3n) is 2.15. The number of hydrogen-bond donors (Lipinski definition) is 1. The minimum Gasteiger partial charge on any atom is -0.287 e. The number of nitriles is 1. The van der Waals surface area contributed by atoms with Gasteiger partial charge in [-0.05, 0) is 12.8 Å². The zero-order chi connectivity index (χ0) is 9.80. The molecule has 14 heavy (non-hydrogen) atoms. The fourth-order valence-electron chi connectivity index (χ4n) is 1.41. The molecule has 0 amide bonds. The van der Waals surface area contributed by atoms with Crippen LogP contribution < -0.4 is 5.43 Å². The maximum atomic E-state index is 8.55. The minimum atomic E-state index is 0.483. The van der Waals surface area contributed by atoms with Crippen molar-refractivity contribution in [2.45, 2.75) is 12.8 Å². The maximum Gasteiger partial charge on any atom is 0.237 e. The Balaban J connectivity index is 1.99. The van der Waals surface area contributed by atoms with Gasteiger partial charge < -0.3 is 0 Å². The Hall–Kier alpha value is -1.67. The van der Waals surface area contributed by atoms with Gasteiger partial charge in [0, 0.05) is 13.1 Å². The number of nitrogens with one attached hydrogen (secondary N) is 1.